The zero-order valence-corrected chi connectivity index (χ0v) is 18.9. The van der Waals surface area contributed by atoms with Gasteiger partial charge in [-0.3, -0.25) is 9.59 Å². The molecule has 0 aromatic heterocycles. The van der Waals surface area contributed by atoms with Crippen LogP contribution in [0.3, 0.4) is 0 Å². The van der Waals surface area contributed by atoms with Crippen LogP contribution in [0.4, 0.5) is 10.1 Å². The van der Waals surface area contributed by atoms with Crippen LogP contribution in [0.2, 0.25) is 0 Å². The quantitative estimate of drug-likeness (QED) is 0.764. The monoisotopic (exact) mass is 436 g/mol. The summed E-state index contributed by atoms with van der Waals surface area (Å²) in [6, 6.07) is 10.8. The maximum atomic E-state index is 14.5. The average molecular weight is 437 g/mol. The van der Waals surface area contributed by atoms with Gasteiger partial charge in [-0.15, -0.1) is 0 Å². The van der Waals surface area contributed by atoms with Gasteiger partial charge in [-0.25, -0.2) is 4.39 Å². The SMILES string of the molecule is COc1cccc(C(=O)N2C[C@@H]3C(C(=O)Nc4cccc5c4C(C)CC5(C)C)[C@@H]3C2)c1F. The zero-order valence-electron chi connectivity index (χ0n) is 18.9. The van der Waals surface area contributed by atoms with Gasteiger partial charge < -0.3 is 15.0 Å². The van der Waals surface area contributed by atoms with Crippen molar-refractivity contribution < 1.29 is 18.7 Å². The summed E-state index contributed by atoms with van der Waals surface area (Å²) < 4.78 is 19.5. The van der Waals surface area contributed by atoms with E-state index in [1.165, 1.54) is 30.4 Å². The molecule has 1 heterocycles. The fourth-order valence-corrected chi connectivity index (χ4v) is 6.07. The summed E-state index contributed by atoms with van der Waals surface area (Å²) in [5, 5.41) is 3.18. The molecule has 1 N–H and O–H groups in total. The number of piperidine rings is 1. The van der Waals surface area contributed by atoms with Crippen LogP contribution >= 0.6 is 0 Å². The van der Waals surface area contributed by atoms with Crippen LogP contribution in [-0.2, 0) is 10.2 Å². The molecular weight excluding hydrogens is 407 g/mol. The minimum Gasteiger partial charge on any atom is -0.494 e. The van der Waals surface area contributed by atoms with Gasteiger partial charge in [-0.2, -0.15) is 0 Å². The van der Waals surface area contributed by atoms with Crippen LogP contribution in [0, 0.1) is 23.6 Å². The number of ether oxygens (including phenoxy) is 1. The second-order valence-corrected chi connectivity index (χ2v) is 10.1. The number of likely N-dealkylation sites (tertiary alicyclic amines) is 1. The normalized spacial score (nSPS) is 27.0. The number of rotatable bonds is 4. The third kappa shape index (κ3) is 3.19. The molecule has 1 aliphatic heterocycles. The first-order chi connectivity index (χ1) is 15.2. The van der Waals surface area contributed by atoms with E-state index in [2.05, 4.69) is 32.2 Å². The summed E-state index contributed by atoms with van der Waals surface area (Å²) in [4.78, 5) is 27.5. The van der Waals surface area contributed by atoms with Gasteiger partial charge in [0.15, 0.2) is 11.6 Å². The van der Waals surface area contributed by atoms with Crippen LogP contribution in [0.25, 0.3) is 0 Å². The number of fused-ring (bicyclic) bond motifs is 2. The lowest BCUT2D eigenvalue weighted by Gasteiger charge is -2.21. The second kappa shape index (κ2) is 7.32. The molecule has 2 aromatic carbocycles. The van der Waals surface area contributed by atoms with Crippen molar-refractivity contribution in [1.29, 1.82) is 0 Å². The second-order valence-electron chi connectivity index (χ2n) is 10.1. The van der Waals surface area contributed by atoms with E-state index < -0.39 is 5.82 Å². The number of nitrogens with one attached hydrogen (secondary N) is 1. The number of carbonyl (C=O) groups excluding carboxylic acids is 2. The van der Waals surface area contributed by atoms with Crippen molar-refractivity contribution in [3.63, 3.8) is 0 Å². The maximum Gasteiger partial charge on any atom is 0.256 e. The molecule has 1 saturated carbocycles. The van der Waals surface area contributed by atoms with Gasteiger partial charge in [-0.05, 0) is 58.9 Å². The Morgan fingerprint density at radius 2 is 1.81 bits per heavy atom. The smallest absolute Gasteiger partial charge is 0.256 e. The number of nitrogens with zero attached hydrogens (tertiary/aromatic N) is 1. The average Bonchev–Trinajstić information content (AvgIpc) is 3.14. The van der Waals surface area contributed by atoms with Crippen molar-refractivity contribution >= 4 is 17.5 Å². The molecule has 32 heavy (non-hydrogen) atoms. The van der Waals surface area contributed by atoms with Crippen LogP contribution in [0.1, 0.15) is 54.6 Å². The van der Waals surface area contributed by atoms with Crippen molar-refractivity contribution in [1.82, 2.24) is 4.90 Å². The Kier molecular flexibility index (Phi) is 4.80. The molecule has 0 spiro atoms. The number of anilines is 1. The first-order valence-corrected chi connectivity index (χ1v) is 11.3. The van der Waals surface area contributed by atoms with Gasteiger partial charge in [0.1, 0.15) is 0 Å². The maximum absolute atomic E-state index is 14.5. The first-order valence-electron chi connectivity index (χ1n) is 11.3. The Morgan fingerprint density at radius 1 is 1.12 bits per heavy atom. The van der Waals surface area contributed by atoms with E-state index >= 15 is 0 Å². The highest BCUT2D eigenvalue weighted by atomic mass is 19.1. The van der Waals surface area contributed by atoms with E-state index in [9.17, 15) is 14.0 Å². The molecule has 2 fully saturated rings. The molecule has 2 aliphatic carbocycles. The highest BCUT2D eigenvalue weighted by molar-refractivity contribution is 5.98. The van der Waals surface area contributed by atoms with Crippen molar-refractivity contribution in [2.75, 3.05) is 25.5 Å². The number of hydrogen-bond donors (Lipinski definition) is 1. The predicted octanol–water partition coefficient (Wildman–Crippen LogP) is 4.58. The summed E-state index contributed by atoms with van der Waals surface area (Å²) >= 11 is 0. The summed E-state index contributed by atoms with van der Waals surface area (Å²) in [7, 11) is 1.38. The van der Waals surface area contributed by atoms with Gasteiger partial charge >= 0.3 is 0 Å². The van der Waals surface area contributed by atoms with E-state index in [1.54, 1.807) is 11.0 Å². The van der Waals surface area contributed by atoms with Gasteiger partial charge in [0.2, 0.25) is 5.91 Å². The molecule has 2 aromatic rings. The lowest BCUT2D eigenvalue weighted by Crippen LogP contribution is -2.34. The van der Waals surface area contributed by atoms with E-state index in [1.807, 2.05) is 12.1 Å². The minimum absolute atomic E-state index is 0.0168. The summed E-state index contributed by atoms with van der Waals surface area (Å²) in [6.45, 7) is 7.69. The molecule has 0 radical (unpaired) electrons. The number of carbonyl (C=O) groups is 2. The highest BCUT2D eigenvalue weighted by Gasteiger charge is 2.60. The third-order valence-corrected chi connectivity index (χ3v) is 7.60. The number of benzene rings is 2. The Morgan fingerprint density at radius 3 is 2.50 bits per heavy atom. The van der Waals surface area contributed by atoms with E-state index in [0.29, 0.717) is 19.0 Å². The van der Waals surface area contributed by atoms with Crippen LogP contribution in [0.15, 0.2) is 36.4 Å². The van der Waals surface area contributed by atoms with Crippen molar-refractivity contribution in [3.05, 3.63) is 58.9 Å². The molecule has 2 unspecified atom stereocenters. The van der Waals surface area contributed by atoms with Crippen molar-refractivity contribution in [3.8, 4) is 5.75 Å². The topological polar surface area (TPSA) is 58.6 Å². The lowest BCUT2D eigenvalue weighted by atomic mass is 9.86. The van der Waals surface area contributed by atoms with Crippen molar-refractivity contribution in [2.45, 2.75) is 38.5 Å². The number of hydrogen-bond acceptors (Lipinski definition) is 3. The molecule has 4 atom stereocenters. The zero-order chi connectivity index (χ0) is 22.8. The largest absolute Gasteiger partial charge is 0.494 e. The van der Waals surface area contributed by atoms with Gasteiger partial charge in [0.05, 0.1) is 12.7 Å². The fraction of sp³-hybridized carbons (Fsp3) is 0.462. The van der Waals surface area contributed by atoms with Crippen LogP contribution in [0.5, 0.6) is 5.75 Å². The van der Waals surface area contributed by atoms with E-state index in [-0.39, 0.29) is 46.3 Å². The summed E-state index contributed by atoms with van der Waals surface area (Å²) in [6.07, 6.45) is 1.07. The molecule has 5 rings (SSSR count). The molecule has 2 amide bonds. The molecule has 0 bridgehead atoms. The van der Waals surface area contributed by atoms with Gasteiger partial charge in [-0.1, -0.05) is 39.0 Å². The minimum atomic E-state index is -0.634. The van der Waals surface area contributed by atoms with Gasteiger partial charge in [0.25, 0.3) is 5.91 Å². The molecule has 5 nitrogen and oxygen atoms in total. The lowest BCUT2D eigenvalue weighted by molar-refractivity contribution is -0.118. The Labute approximate surface area is 187 Å². The Balaban J connectivity index is 1.26. The Bertz CT molecular complexity index is 1100. The molecule has 168 valence electrons. The van der Waals surface area contributed by atoms with Crippen molar-refractivity contribution in [2.24, 2.45) is 17.8 Å². The number of halogens is 1. The Hall–Kier alpha value is -2.89. The molecule has 6 heteroatoms. The predicted molar refractivity (Wildman–Crippen MR) is 120 cm³/mol. The standard InChI is InChI=1S/C26H29FN2O3/c1-14-11-26(2,3)18-8-6-9-19(21(14)18)28-24(30)22-16-12-29(13-17(16)22)25(31)15-7-5-10-20(32-4)23(15)27/h5-10,14,16-17,22H,11-13H2,1-4H3,(H,28,30)/t14?,16-,17+,22?. The van der Waals surface area contributed by atoms with Crippen LogP contribution in [-0.4, -0.2) is 36.9 Å². The third-order valence-electron chi connectivity index (χ3n) is 7.60. The molecule has 1 saturated heterocycles. The summed E-state index contributed by atoms with van der Waals surface area (Å²) in [5.41, 5.74) is 3.62. The fourth-order valence-electron chi connectivity index (χ4n) is 6.07. The molecular formula is C26H29FN2O3. The first kappa shape index (κ1) is 21.0. The van der Waals surface area contributed by atoms with E-state index in [4.69, 9.17) is 4.74 Å². The van der Waals surface area contributed by atoms with Gasteiger partial charge in [0, 0.05) is 24.7 Å². The van der Waals surface area contributed by atoms with E-state index in [0.717, 1.165) is 12.1 Å². The molecule has 3 aliphatic rings. The highest BCUT2D eigenvalue weighted by Crippen LogP contribution is 2.53. The summed E-state index contributed by atoms with van der Waals surface area (Å²) in [5.74, 6) is -0.294. The number of methoxy groups -OCH3 is 1. The van der Waals surface area contributed by atoms with Crippen LogP contribution < -0.4 is 10.1 Å². The number of amides is 2.